The Morgan fingerprint density at radius 2 is 0.602 bits per heavy atom. The fourth-order valence-electron chi connectivity index (χ4n) is 12.6. The van der Waals surface area contributed by atoms with Crippen molar-refractivity contribution >= 4 is 47.0 Å². The topological polar surface area (TPSA) is 653 Å². The quantitative estimate of drug-likeness (QED) is 0.0340. The van der Waals surface area contributed by atoms with Gasteiger partial charge < -0.3 is 188 Å². The van der Waals surface area contributed by atoms with Crippen molar-refractivity contribution in [2.75, 3.05) is 89.5 Å². The Balaban J connectivity index is 1.08. The number of ether oxygens (including phenoxy) is 16. The molecule has 16 unspecified atom stereocenters. The number of rotatable bonds is 27. The molecule has 0 spiro atoms. The second-order valence-electron chi connectivity index (χ2n) is 25.7. The van der Waals surface area contributed by atoms with Gasteiger partial charge in [-0.15, -0.1) is 0 Å². The van der Waals surface area contributed by atoms with Crippen molar-refractivity contribution in [3.63, 3.8) is 0 Å². The van der Waals surface area contributed by atoms with Gasteiger partial charge in [0.05, 0.1) is 77.6 Å². The van der Waals surface area contributed by atoms with Crippen LogP contribution in [0.2, 0.25) is 0 Å². The molecule has 0 amide bonds. The van der Waals surface area contributed by atoms with Crippen LogP contribution in [0.15, 0.2) is 0 Å². The predicted octanol–water partition coefficient (Wildman–Crippen LogP) is -13.0. The van der Waals surface area contributed by atoms with Gasteiger partial charge in [0, 0.05) is 42.3 Å². The van der Waals surface area contributed by atoms with Crippen LogP contribution in [-0.2, 0) is 95.0 Å². The Labute approximate surface area is 595 Å². The van der Waals surface area contributed by atoms with Gasteiger partial charge in [-0.25, -0.2) is 0 Å². The van der Waals surface area contributed by atoms with E-state index >= 15 is 0 Å². The van der Waals surface area contributed by atoms with Gasteiger partial charge in [-0.2, -0.15) is 23.5 Å². The fraction of sp³-hybridized carbons (Fsp3) is 0.932. The van der Waals surface area contributed by atoms with Gasteiger partial charge in [0.25, 0.3) is 0 Å². The Kier molecular flexibility index (Phi) is 33.4. The number of aliphatic hydroxyl groups is 19. The summed E-state index contributed by atoms with van der Waals surface area (Å²) in [4.78, 5) is 48.7. The number of carbonyl (C=O) groups is 4. The van der Waals surface area contributed by atoms with Gasteiger partial charge in [-0.05, 0) is 14.0 Å². The molecule has 21 heterocycles. The first-order valence-electron chi connectivity index (χ1n) is 33.2. The minimum absolute atomic E-state index is 0.0645. The van der Waals surface area contributed by atoms with Crippen LogP contribution < -0.4 is 5.32 Å². The maximum Gasteiger partial charge on any atom is 0.321 e. The number of hydrogen-bond donors (Lipinski definition) is 22. The number of likely N-dealkylation sites (N-methyl/N-ethyl adjacent to an activating group) is 1. The molecule has 22 N–H and O–H groups in total. The highest BCUT2D eigenvalue weighted by molar-refractivity contribution is 7.99. The number of thioether (sulfide) groups is 2. The third-order valence-electron chi connectivity index (χ3n) is 18.6. The van der Waals surface area contributed by atoms with Crippen molar-refractivity contribution in [2.24, 2.45) is 5.92 Å². The molecule has 0 aromatic carbocycles. The molecule has 0 aromatic heterocycles. The molecule has 21 aliphatic heterocycles. The first-order valence-corrected chi connectivity index (χ1v) is 35.5. The lowest BCUT2D eigenvalue weighted by atomic mass is 9.95. The summed E-state index contributed by atoms with van der Waals surface area (Å²) < 4.78 is 93.3. The van der Waals surface area contributed by atoms with Crippen LogP contribution in [0.4, 0.5) is 0 Å². The van der Waals surface area contributed by atoms with E-state index in [1.165, 1.54) is 14.0 Å². The number of Topliss-reactive ketones (excluding diaryl/α,β-unsaturated/α-hetero) is 2. The number of carboxylic acids is 2. The Hall–Kier alpha value is -2.46. The van der Waals surface area contributed by atoms with Crippen LogP contribution in [0.3, 0.4) is 0 Å². The maximum absolute atomic E-state index is 13.0. The minimum atomic E-state index is -2.31. The third kappa shape index (κ3) is 21.0. The van der Waals surface area contributed by atoms with Crippen molar-refractivity contribution in [1.29, 1.82) is 0 Å². The molecule has 37 atom stereocenters. The van der Waals surface area contributed by atoms with Crippen LogP contribution in [-0.4, -0.2) is 441 Å². The minimum Gasteiger partial charge on any atom is -0.481 e. The average molecular weight is 1540 g/mol. The average Bonchev–Trinajstić information content (AvgIpc) is 0.785. The number of nitrogens with one attached hydrogen (secondary N) is 1. The Bertz CT molecular complexity index is 2610. The van der Waals surface area contributed by atoms with Crippen molar-refractivity contribution in [3.8, 4) is 0 Å². The molecule has 42 nitrogen and oxygen atoms in total. The summed E-state index contributed by atoms with van der Waals surface area (Å²) >= 11 is 1.66. The zero-order chi connectivity index (χ0) is 75.4. The number of aliphatic hydroxyl groups excluding tert-OH is 19. The molecule has 0 radical (unpaired) electrons. The summed E-state index contributed by atoms with van der Waals surface area (Å²) in [7, 11) is 1.35. The second-order valence-corrected chi connectivity index (χ2v) is 27.9. The molecule has 21 fully saturated rings. The van der Waals surface area contributed by atoms with E-state index in [4.69, 9.17) is 75.8 Å². The van der Waals surface area contributed by atoms with Crippen LogP contribution in [0, 0.1) is 5.92 Å². The standard InChI is InChI=1S/C59H97NO41S2/c1-19(66)3-5-86-7-8-87-6-4-21(67)9-20(51(82)83)15-102-17-28-49-35(73)42(80)58(93-28)98-47-26(13-64)89-55(38(76)31(47)69)97-46-25(12-63)92-57(41(79)34(46)72)101-50-29(18-103-16-22(60-2)52(84)85)94-59(43(81)36(50)74)99-48-27(14-65)90-54(39(77)32(48)70)95-44-23(10-61)88-53(37(75)30(44)68)96-45-24(11-62)91-56(100-49)40(78)33(45)71/h20,22-50,53-65,68-81H,3-18H2,1-2H3,(H,82,83)(H,84,85)/t20-,22?,23?,24?,25?,26?,27?,28?,29?,30-,31-,32-,33-,34-,35-,36-,37?,38?,39?,40?,41?,42?,43?,44-,45-,46-,47-,48-,49-,50-,53-,54-,55+,56+,57+,58-,59?/m1/s1. The fourth-order valence-corrected chi connectivity index (χ4v) is 15.0. The molecule has 21 rings (SSSR count). The summed E-state index contributed by atoms with van der Waals surface area (Å²) in [6, 6.07) is -1.18. The van der Waals surface area contributed by atoms with Gasteiger partial charge in [0.15, 0.2) is 44.0 Å². The number of carboxylic acid groups (broad SMARTS) is 2. The van der Waals surface area contributed by atoms with Crippen molar-refractivity contribution in [3.05, 3.63) is 0 Å². The van der Waals surface area contributed by atoms with Gasteiger partial charge in [-0.1, -0.05) is 0 Å². The van der Waals surface area contributed by atoms with E-state index in [1.54, 1.807) is 0 Å². The molecule has 21 saturated heterocycles. The van der Waals surface area contributed by atoms with E-state index in [9.17, 15) is 126 Å². The van der Waals surface area contributed by atoms with Crippen molar-refractivity contribution in [1.82, 2.24) is 5.32 Å². The normalized spacial score (nSPS) is 44.9. The second kappa shape index (κ2) is 40.0. The SMILES string of the molecule is CNC(CSCC1OC2O[C@@H]3C(CO)O[C@H](O[C@@H]4C(CO)O[C@H](O[C@@H]5C(CO)O[C@@H](O[C@@H]6C(CSC[C@@H](CC(=O)CCOCCOCCC(C)=O)C(=O)O)O[C@H](O[C@@H]7C(CO)O[C@@H](O[C@@H]8C(CO)O[C@@H](O[C@H]1[C@H](O)C2O)C(O)[C@H]8O)C(O)[C@H]7O)C(O)[C@H]6O)C(O)[C@H]5O)C(O)[C@H]4O)C(O)[C@H]3O)C(=O)O. The maximum atomic E-state index is 13.0. The molecule has 103 heavy (non-hydrogen) atoms. The number of aliphatic carboxylic acids is 2. The van der Waals surface area contributed by atoms with Gasteiger partial charge in [0.2, 0.25) is 0 Å². The van der Waals surface area contributed by atoms with Crippen LogP contribution in [0.1, 0.15) is 26.2 Å². The van der Waals surface area contributed by atoms with Crippen molar-refractivity contribution < 1.29 is 202 Å². The lowest BCUT2D eigenvalue weighted by molar-refractivity contribution is -0.395. The van der Waals surface area contributed by atoms with Crippen LogP contribution in [0.5, 0.6) is 0 Å². The summed E-state index contributed by atoms with van der Waals surface area (Å²) in [5.41, 5.74) is 0. The Morgan fingerprint density at radius 1 is 0.350 bits per heavy atom. The zero-order valence-corrected chi connectivity index (χ0v) is 57.2. The smallest absolute Gasteiger partial charge is 0.321 e. The summed E-state index contributed by atoms with van der Waals surface area (Å²) in [6.45, 7) is -3.91. The van der Waals surface area contributed by atoms with Gasteiger partial charge in [0.1, 0.15) is 176 Å². The molecule has 21 aliphatic rings. The van der Waals surface area contributed by atoms with E-state index in [-0.39, 0.29) is 62.3 Å². The zero-order valence-electron chi connectivity index (χ0n) is 55.5. The number of carbonyl (C=O) groups excluding carboxylic acids is 2. The predicted molar refractivity (Wildman–Crippen MR) is 332 cm³/mol. The van der Waals surface area contributed by atoms with Gasteiger partial charge in [-0.3, -0.25) is 19.2 Å². The van der Waals surface area contributed by atoms with E-state index in [2.05, 4.69) is 5.32 Å². The van der Waals surface area contributed by atoms with Crippen LogP contribution >= 0.6 is 23.5 Å². The molecular weight excluding hydrogens is 1440 g/mol. The summed E-state index contributed by atoms with van der Waals surface area (Å²) in [6.07, 6.45) is -73.1. The van der Waals surface area contributed by atoms with E-state index < -0.39 is 290 Å². The highest BCUT2D eigenvalue weighted by Gasteiger charge is 2.60. The largest absolute Gasteiger partial charge is 0.481 e. The highest BCUT2D eigenvalue weighted by Crippen LogP contribution is 2.40. The lowest BCUT2D eigenvalue weighted by Crippen LogP contribution is -2.68. The highest BCUT2D eigenvalue weighted by atomic mass is 32.2. The van der Waals surface area contributed by atoms with Crippen molar-refractivity contribution in [2.45, 2.75) is 247 Å². The first kappa shape index (κ1) is 86.1. The first-order chi connectivity index (χ1) is 49.0. The summed E-state index contributed by atoms with van der Waals surface area (Å²) in [5, 5.41) is 239. The van der Waals surface area contributed by atoms with E-state index in [0.29, 0.717) is 0 Å². The summed E-state index contributed by atoms with van der Waals surface area (Å²) in [5.74, 6) is -6.08. The van der Waals surface area contributed by atoms with Crippen LogP contribution in [0.25, 0.3) is 0 Å². The molecule has 14 bridgehead atoms. The molecule has 0 aliphatic carbocycles. The Morgan fingerprint density at radius 3 is 0.845 bits per heavy atom. The van der Waals surface area contributed by atoms with Gasteiger partial charge >= 0.3 is 11.9 Å². The van der Waals surface area contributed by atoms with E-state index in [0.717, 1.165) is 23.5 Å². The number of hydrogen-bond acceptors (Lipinski definition) is 42. The molecule has 0 aromatic rings. The number of ketones is 2. The third-order valence-corrected chi connectivity index (χ3v) is 20.9. The molecule has 596 valence electrons. The monoisotopic (exact) mass is 1540 g/mol. The molecule has 44 heteroatoms. The molecule has 0 saturated carbocycles. The molecular formula is C59H97NO41S2. The van der Waals surface area contributed by atoms with E-state index in [1.807, 2.05) is 0 Å². The lowest BCUT2D eigenvalue weighted by Gasteiger charge is -2.50.